The highest BCUT2D eigenvalue weighted by Gasteiger charge is 1.90. The fourth-order valence-electron chi connectivity index (χ4n) is 0.543. The van der Waals surface area contributed by atoms with E-state index in [1.54, 1.807) is 6.92 Å². The fraction of sp³-hybridized carbons (Fsp3) is 0.833. The van der Waals surface area contributed by atoms with Gasteiger partial charge >= 0.3 is 0 Å². The van der Waals surface area contributed by atoms with Crippen molar-refractivity contribution in [2.24, 2.45) is 5.16 Å². The maximum absolute atomic E-state index is 8.35. The second-order valence-corrected chi connectivity index (χ2v) is 2.02. The van der Waals surface area contributed by atoms with Gasteiger partial charge in [0.05, 0.1) is 5.71 Å². The van der Waals surface area contributed by atoms with Gasteiger partial charge < -0.3 is 10.3 Å². The molecule has 0 aliphatic heterocycles. The molecule has 0 atom stereocenters. The number of hydrogen-bond donors (Lipinski definition) is 2. The van der Waals surface area contributed by atoms with Gasteiger partial charge in [0.25, 0.3) is 0 Å². The summed E-state index contributed by atoms with van der Waals surface area (Å²) in [5.41, 5.74) is 0.725. The molecule has 0 unspecified atom stereocenters. The summed E-state index contributed by atoms with van der Waals surface area (Å²) in [6, 6.07) is 0. The van der Waals surface area contributed by atoms with Gasteiger partial charge in [-0.3, -0.25) is 0 Å². The smallest absolute Gasteiger partial charge is 0.0540 e. The molecular weight excluding hydrogens is 118 g/mol. The van der Waals surface area contributed by atoms with Crippen LogP contribution in [0.1, 0.15) is 26.2 Å². The van der Waals surface area contributed by atoms with Crippen molar-refractivity contribution < 1.29 is 10.3 Å². The average Bonchev–Trinajstić information content (AvgIpc) is 1.89. The van der Waals surface area contributed by atoms with Crippen molar-refractivity contribution in [3.8, 4) is 0 Å². The van der Waals surface area contributed by atoms with Crippen molar-refractivity contribution in [1.29, 1.82) is 0 Å². The van der Waals surface area contributed by atoms with Gasteiger partial charge in [-0.25, -0.2) is 0 Å². The molecule has 2 N–H and O–H groups in total. The first-order valence-electron chi connectivity index (χ1n) is 3.09. The third-order valence-corrected chi connectivity index (χ3v) is 1.12. The van der Waals surface area contributed by atoms with Crippen LogP contribution in [0.5, 0.6) is 0 Å². The molecule has 0 spiro atoms. The minimum atomic E-state index is 0.221. The van der Waals surface area contributed by atoms with Gasteiger partial charge in [-0.2, -0.15) is 0 Å². The summed E-state index contributed by atoms with van der Waals surface area (Å²) in [5, 5.41) is 19.5. The third-order valence-electron chi connectivity index (χ3n) is 1.12. The van der Waals surface area contributed by atoms with Crippen molar-refractivity contribution in [2.75, 3.05) is 6.61 Å². The topological polar surface area (TPSA) is 52.8 Å². The van der Waals surface area contributed by atoms with E-state index in [1.807, 2.05) is 0 Å². The SMILES string of the molecule is CC(CCCCO)=NO. The van der Waals surface area contributed by atoms with E-state index < -0.39 is 0 Å². The Balaban J connectivity index is 3.07. The molecular formula is C6H13NO2. The maximum atomic E-state index is 8.35. The second kappa shape index (κ2) is 5.56. The number of aliphatic hydroxyl groups is 1. The van der Waals surface area contributed by atoms with Gasteiger partial charge in [0.1, 0.15) is 0 Å². The van der Waals surface area contributed by atoms with E-state index in [0.29, 0.717) is 0 Å². The number of rotatable bonds is 4. The zero-order chi connectivity index (χ0) is 7.11. The Labute approximate surface area is 55.0 Å². The highest BCUT2D eigenvalue weighted by molar-refractivity contribution is 5.81. The quantitative estimate of drug-likeness (QED) is 0.259. The van der Waals surface area contributed by atoms with E-state index >= 15 is 0 Å². The Morgan fingerprint density at radius 2 is 2.11 bits per heavy atom. The molecule has 0 aromatic rings. The van der Waals surface area contributed by atoms with E-state index in [4.69, 9.17) is 10.3 Å². The largest absolute Gasteiger partial charge is 0.411 e. The summed E-state index contributed by atoms with van der Waals surface area (Å²) >= 11 is 0. The van der Waals surface area contributed by atoms with Crippen LogP contribution in [-0.4, -0.2) is 22.6 Å². The molecule has 0 rings (SSSR count). The Morgan fingerprint density at radius 1 is 1.44 bits per heavy atom. The second-order valence-electron chi connectivity index (χ2n) is 2.02. The number of oxime groups is 1. The molecule has 0 aliphatic carbocycles. The first-order valence-corrected chi connectivity index (χ1v) is 3.09. The molecule has 0 fully saturated rings. The molecule has 0 aliphatic rings. The summed E-state index contributed by atoms with van der Waals surface area (Å²) < 4.78 is 0. The van der Waals surface area contributed by atoms with Gasteiger partial charge in [-0.1, -0.05) is 5.16 Å². The molecule has 0 saturated heterocycles. The highest BCUT2D eigenvalue weighted by atomic mass is 16.4. The van der Waals surface area contributed by atoms with E-state index in [9.17, 15) is 0 Å². The molecule has 3 nitrogen and oxygen atoms in total. The van der Waals surface area contributed by atoms with Crippen molar-refractivity contribution in [3.05, 3.63) is 0 Å². The Bertz CT molecular complexity index is 91.1. The number of hydrogen-bond acceptors (Lipinski definition) is 3. The lowest BCUT2D eigenvalue weighted by molar-refractivity contribution is 0.284. The lowest BCUT2D eigenvalue weighted by Gasteiger charge is -1.94. The van der Waals surface area contributed by atoms with E-state index in [1.165, 1.54) is 0 Å². The minimum Gasteiger partial charge on any atom is -0.411 e. The van der Waals surface area contributed by atoms with Crippen LogP contribution < -0.4 is 0 Å². The van der Waals surface area contributed by atoms with Crippen LogP contribution in [0.4, 0.5) is 0 Å². The van der Waals surface area contributed by atoms with Crippen molar-refractivity contribution >= 4 is 5.71 Å². The molecule has 0 heterocycles. The van der Waals surface area contributed by atoms with Gasteiger partial charge in [0.15, 0.2) is 0 Å². The summed E-state index contributed by atoms with van der Waals surface area (Å²) in [4.78, 5) is 0. The zero-order valence-corrected chi connectivity index (χ0v) is 5.67. The van der Waals surface area contributed by atoms with Gasteiger partial charge in [0, 0.05) is 6.61 Å². The first kappa shape index (κ1) is 8.43. The Hall–Kier alpha value is -0.570. The maximum Gasteiger partial charge on any atom is 0.0540 e. The van der Waals surface area contributed by atoms with Crippen molar-refractivity contribution in [2.45, 2.75) is 26.2 Å². The first-order chi connectivity index (χ1) is 4.31. The summed E-state index contributed by atoms with van der Waals surface area (Å²) in [7, 11) is 0. The third kappa shape index (κ3) is 5.30. The van der Waals surface area contributed by atoms with Crippen LogP contribution in [-0.2, 0) is 0 Å². The minimum absolute atomic E-state index is 0.221. The molecule has 9 heavy (non-hydrogen) atoms. The lowest BCUT2D eigenvalue weighted by Crippen LogP contribution is -1.92. The molecule has 0 bridgehead atoms. The van der Waals surface area contributed by atoms with E-state index in [0.717, 1.165) is 25.0 Å². The molecule has 0 saturated carbocycles. The van der Waals surface area contributed by atoms with Crippen LogP contribution in [0.25, 0.3) is 0 Å². The fourth-order valence-corrected chi connectivity index (χ4v) is 0.543. The molecule has 0 aromatic heterocycles. The summed E-state index contributed by atoms with van der Waals surface area (Å²) in [6.45, 7) is 1.98. The van der Waals surface area contributed by atoms with E-state index in [2.05, 4.69) is 5.16 Å². The number of aliphatic hydroxyl groups excluding tert-OH is 1. The number of unbranched alkanes of at least 4 members (excludes halogenated alkanes) is 1. The van der Waals surface area contributed by atoms with Gasteiger partial charge in [0.2, 0.25) is 0 Å². The van der Waals surface area contributed by atoms with Crippen LogP contribution in [0.2, 0.25) is 0 Å². The predicted molar refractivity (Wildman–Crippen MR) is 35.8 cm³/mol. The van der Waals surface area contributed by atoms with Crippen molar-refractivity contribution in [1.82, 2.24) is 0 Å². The predicted octanol–water partition coefficient (Wildman–Crippen LogP) is 0.999. The molecule has 54 valence electrons. The average molecular weight is 131 g/mol. The highest BCUT2D eigenvalue weighted by Crippen LogP contribution is 1.95. The molecule has 0 amide bonds. The lowest BCUT2D eigenvalue weighted by atomic mass is 10.2. The molecule has 3 heteroatoms. The van der Waals surface area contributed by atoms with Gasteiger partial charge in [-0.05, 0) is 26.2 Å². The van der Waals surface area contributed by atoms with Crippen molar-refractivity contribution in [3.63, 3.8) is 0 Å². The number of nitrogens with zero attached hydrogens (tertiary/aromatic N) is 1. The van der Waals surface area contributed by atoms with E-state index in [-0.39, 0.29) is 6.61 Å². The Kier molecular flexibility index (Phi) is 5.21. The van der Waals surface area contributed by atoms with Crippen LogP contribution in [0.3, 0.4) is 0 Å². The van der Waals surface area contributed by atoms with Crippen LogP contribution in [0.15, 0.2) is 5.16 Å². The summed E-state index contributed by atoms with van der Waals surface area (Å²) in [5.74, 6) is 0. The monoisotopic (exact) mass is 131 g/mol. The van der Waals surface area contributed by atoms with Crippen LogP contribution in [0, 0.1) is 0 Å². The normalized spacial score (nSPS) is 12.0. The Morgan fingerprint density at radius 3 is 2.56 bits per heavy atom. The zero-order valence-electron chi connectivity index (χ0n) is 5.67. The van der Waals surface area contributed by atoms with Crippen LogP contribution >= 0.6 is 0 Å². The standard InChI is InChI=1S/C6H13NO2/c1-6(7-9)4-2-3-5-8/h8-9H,2-5H2,1H3. The summed E-state index contributed by atoms with van der Waals surface area (Å²) in [6.07, 6.45) is 2.45. The molecule has 0 radical (unpaired) electrons. The van der Waals surface area contributed by atoms with Gasteiger partial charge in [-0.15, -0.1) is 0 Å². The molecule has 0 aromatic carbocycles.